The molecule has 0 unspecified atom stereocenters. The predicted octanol–water partition coefficient (Wildman–Crippen LogP) is -0.531. The number of piperazine rings is 1. The highest BCUT2D eigenvalue weighted by Crippen LogP contribution is 2.23. The van der Waals surface area contributed by atoms with Crippen LogP contribution >= 0.6 is 0 Å². The minimum absolute atomic E-state index is 0.0711. The van der Waals surface area contributed by atoms with Crippen molar-refractivity contribution >= 4 is 29.4 Å². The van der Waals surface area contributed by atoms with Crippen LogP contribution in [0.2, 0.25) is 0 Å². The second-order valence-corrected chi connectivity index (χ2v) is 5.78. The normalized spacial score (nSPS) is 20.4. The Morgan fingerprint density at radius 2 is 2.08 bits per heavy atom. The molecule has 0 aliphatic carbocycles. The summed E-state index contributed by atoms with van der Waals surface area (Å²) in [5.41, 5.74) is 0.707. The number of amides is 5. The van der Waals surface area contributed by atoms with E-state index < -0.39 is 18.0 Å². The number of ether oxygens (including phenoxy) is 1. The van der Waals surface area contributed by atoms with Gasteiger partial charge in [-0.25, -0.2) is 4.79 Å². The number of hydrogen-bond donors (Lipinski definition) is 2. The third-order valence-corrected chi connectivity index (χ3v) is 4.18. The van der Waals surface area contributed by atoms with Crippen LogP contribution in [-0.4, -0.2) is 61.4 Å². The SMILES string of the molecule is COc1cccc(N2CCN(C(=O)C[C@@H]3NC(=O)NC3=O)CC2=O)c1. The number of nitrogens with zero attached hydrogens (tertiary/aromatic N) is 2. The van der Waals surface area contributed by atoms with Gasteiger partial charge in [0.2, 0.25) is 11.8 Å². The maximum Gasteiger partial charge on any atom is 0.322 e. The maximum absolute atomic E-state index is 12.4. The minimum atomic E-state index is -0.883. The number of carbonyl (C=O) groups is 4. The Bertz CT molecular complexity index is 735. The number of nitrogens with one attached hydrogen (secondary N) is 2. The third kappa shape index (κ3) is 3.54. The van der Waals surface area contributed by atoms with Crippen molar-refractivity contribution < 1.29 is 23.9 Å². The Morgan fingerprint density at radius 1 is 1.28 bits per heavy atom. The zero-order valence-corrected chi connectivity index (χ0v) is 13.7. The van der Waals surface area contributed by atoms with Crippen LogP contribution in [0, 0.1) is 0 Å². The van der Waals surface area contributed by atoms with E-state index in [1.807, 2.05) is 0 Å². The van der Waals surface area contributed by atoms with Crippen LogP contribution in [0.1, 0.15) is 6.42 Å². The molecule has 9 heteroatoms. The number of hydrogen-bond acceptors (Lipinski definition) is 5. The van der Waals surface area contributed by atoms with Crippen LogP contribution in [0.5, 0.6) is 5.75 Å². The summed E-state index contributed by atoms with van der Waals surface area (Å²) in [6.07, 6.45) is -0.163. The van der Waals surface area contributed by atoms with Crippen LogP contribution in [0.15, 0.2) is 24.3 Å². The van der Waals surface area contributed by atoms with Crippen LogP contribution in [0.25, 0.3) is 0 Å². The summed E-state index contributed by atoms with van der Waals surface area (Å²) < 4.78 is 5.16. The second-order valence-electron chi connectivity index (χ2n) is 5.78. The van der Waals surface area contributed by atoms with E-state index in [0.717, 1.165) is 0 Å². The van der Waals surface area contributed by atoms with Gasteiger partial charge in [0.1, 0.15) is 18.3 Å². The van der Waals surface area contributed by atoms with E-state index in [0.29, 0.717) is 24.5 Å². The van der Waals surface area contributed by atoms with E-state index in [1.54, 1.807) is 36.3 Å². The molecule has 0 radical (unpaired) electrons. The van der Waals surface area contributed by atoms with E-state index >= 15 is 0 Å². The van der Waals surface area contributed by atoms with Crippen LogP contribution < -0.4 is 20.3 Å². The highest BCUT2D eigenvalue weighted by atomic mass is 16.5. The molecule has 0 aromatic heterocycles. The molecule has 2 fully saturated rings. The predicted molar refractivity (Wildman–Crippen MR) is 87.0 cm³/mol. The molecular weight excluding hydrogens is 328 g/mol. The van der Waals surface area contributed by atoms with E-state index in [1.165, 1.54) is 4.90 Å². The van der Waals surface area contributed by atoms with Gasteiger partial charge in [-0.15, -0.1) is 0 Å². The number of benzene rings is 1. The van der Waals surface area contributed by atoms with Gasteiger partial charge in [-0.1, -0.05) is 6.07 Å². The average molecular weight is 346 g/mol. The van der Waals surface area contributed by atoms with Crippen molar-refractivity contribution in [3.05, 3.63) is 24.3 Å². The second kappa shape index (κ2) is 6.80. The van der Waals surface area contributed by atoms with Crippen molar-refractivity contribution in [2.24, 2.45) is 0 Å². The topological polar surface area (TPSA) is 108 Å². The monoisotopic (exact) mass is 346 g/mol. The minimum Gasteiger partial charge on any atom is -0.497 e. The highest BCUT2D eigenvalue weighted by molar-refractivity contribution is 6.06. The molecule has 2 saturated heterocycles. The first-order chi connectivity index (χ1) is 12.0. The van der Waals surface area contributed by atoms with Crippen LogP contribution in [0.4, 0.5) is 10.5 Å². The molecule has 1 atom stereocenters. The van der Waals surface area contributed by atoms with Crippen molar-refractivity contribution in [3.63, 3.8) is 0 Å². The van der Waals surface area contributed by atoms with Gasteiger partial charge < -0.3 is 19.9 Å². The maximum atomic E-state index is 12.4. The Kier molecular flexibility index (Phi) is 4.55. The largest absolute Gasteiger partial charge is 0.497 e. The number of anilines is 1. The average Bonchev–Trinajstić information content (AvgIpc) is 2.92. The lowest BCUT2D eigenvalue weighted by Gasteiger charge is -2.34. The van der Waals surface area contributed by atoms with E-state index in [4.69, 9.17) is 4.74 Å². The summed E-state index contributed by atoms with van der Waals surface area (Å²) in [5, 5.41) is 4.45. The molecule has 2 aliphatic rings. The molecule has 9 nitrogen and oxygen atoms in total. The van der Waals surface area contributed by atoms with Gasteiger partial charge in [0.05, 0.1) is 13.5 Å². The fourth-order valence-electron chi connectivity index (χ4n) is 2.84. The number of urea groups is 1. The summed E-state index contributed by atoms with van der Waals surface area (Å²) in [5.74, 6) is -0.444. The molecule has 1 aromatic carbocycles. The number of carbonyl (C=O) groups excluding carboxylic acids is 4. The van der Waals surface area contributed by atoms with Gasteiger partial charge >= 0.3 is 6.03 Å². The first kappa shape index (κ1) is 16.7. The van der Waals surface area contributed by atoms with Gasteiger partial charge in [-0.2, -0.15) is 0 Å². The number of rotatable bonds is 4. The van der Waals surface area contributed by atoms with Gasteiger partial charge in [-0.3, -0.25) is 19.7 Å². The molecule has 3 rings (SSSR count). The van der Waals surface area contributed by atoms with Crippen molar-refractivity contribution in [2.75, 3.05) is 31.6 Å². The lowest BCUT2D eigenvalue weighted by atomic mass is 10.1. The quantitative estimate of drug-likeness (QED) is 0.713. The molecule has 1 aromatic rings. The van der Waals surface area contributed by atoms with Crippen molar-refractivity contribution in [1.29, 1.82) is 0 Å². The molecule has 2 N–H and O–H groups in total. The first-order valence-corrected chi connectivity index (χ1v) is 7.81. The third-order valence-electron chi connectivity index (χ3n) is 4.18. The molecular formula is C16H18N4O5. The molecule has 0 bridgehead atoms. The Hall–Kier alpha value is -3.10. The molecule has 0 saturated carbocycles. The summed E-state index contributed by atoms with van der Waals surface area (Å²) >= 11 is 0. The summed E-state index contributed by atoms with van der Waals surface area (Å²) in [4.78, 5) is 50.3. The van der Waals surface area contributed by atoms with Gasteiger partial charge in [0, 0.05) is 24.8 Å². The Labute approximate surface area is 143 Å². The standard InChI is InChI=1S/C16H18N4O5/c1-25-11-4-2-3-10(7-11)20-6-5-19(9-14(20)22)13(21)8-12-15(23)18-16(24)17-12/h2-4,7,12H,5-6,8-9H2,1H3,(H2,17,18,23,24)/t12-/m0/s1. The number of imide groups is 1. The lowest BCUT2D eigenvalue weighted by Crippen LogP contribution is -2.53. The highest BCUT2D eigenvalue weighted by Gasteiger charge is 2.34. The zero-order valence-electron chi connectivity index (χ0n) is 13.7. The van der Waals surface area contributed by atoms with E-state index in [2.05, 4.69) is 10.6 Å². The van der Waals surface area contributed by atoms with Crippen molar-refractivity contribution in [3.8, 4) is 5.75 Å². The molecule has 25 heavy (non-hydrogen) atoms. The van der Waals surface area contributed by atoms with Crippen LogP contribution in [0.3, 0.4) is 0 Å². The first-order valence-electron chi connectivity index (χ1n) is 7.81. The molecule has 132 valence electrons. The van der Waals surface area contributed by atoms with Gasteiger partial charge in [0.15, 0.2) is 0 Å². The van der Waals surface area contributed by atoms with E-state index in [9.17, 15) is 19.2 Å². The molecule has 0 spiro atoms. The zero-order chi connectivity index (χ0) is 18.0. The van der Waals surface area contributed by atoms with E-state index in [-0.39, 0.29) is 24.8 Å². The summed E-state index contributed by atoms with van der Waals surface area (Å²) in [6.45, 7) is 0.628. The Morgan fingerprint density at radius 3 is 2.72 bits per heavy atom. The molecule has 2 aliphatic heterocycles. The summed E-state index contributed by atoms with van der Waals surface area (Å²) in [6, 6.07) is 5.65. The van der Waals surface area contributed by atoms with Gasteiger partial charge in [-0.05, 0) is 12.1 Å². The van der Waals surface area contributed by atoms with Crippen LogP contribution in [-0.2, 0) is 14.4 Å². The smallest absolute Gasteiger partial charge is 0.322 e. The van der Waals surface area contributed by atoms with Crippen molar-refractivity contribution in [2.45, 2.75) is 12.5 Å². The molecule has 5 amide bonds. The lowest BCUT2D eigenvalue weighted by molar-refractivity contribution is -0.138. The summed E-state index contributed by atoms with van der Waals surface area (Å²) in [7, 11) is 1.55. The number of methoxy groups -OCH3 is 1. The van der Waals surface area contributed by atoms with Crippen molar-refractivity contribution in [1.82, 2.24) is 15.5 Å². The fourth-order valence-corrected chi connectivity index (χ4v) is 2.84. The Balaban J connectivity index is 1.61. The molecule has 2 heterocycles. The fraction of sp³-hybridized carbons (Fsp3) is 0.375. The van der Waals surface area contributed by atoms with Gasteiger partial charge in [0.25, 0.3) is 5.91 Å².